The van der Waals surface area contributed by atoms with Gasteiger partial charge in [0.2, 0.25) is 0 Å². The molecule has 1 aliphatic rings. The Hall–Kier alpha value is -1.56. The molecular formula is C12H16ClN3O3. The molecule has 1 aliphatic heterocycles. The Balaban J connectivity index is 2.40. The molecule has 0 aromatic carbocycles. The first-order valence-electron chi connectivity index (χ1n) is 5.98. The summed E-state index contributed by atoms with van der Waals surface area (Å²) < 4.78 is 6.75. The lowest BCUT2D eigenvalue weighted by Crippen LogP contribution is -2.40. The fourth-order valence-corrected chi connectivity index (χ4v) is 2.16. The predicted octanol–water partition coefficient (Wildman–Crippen LogP) is 2.04. The predicted molar refractivity (Wildman–Crippen MR) is 71.7 cm³/mol. The van der Waals surface area contributed by atoms with E-state index in [0.717, 1.165) is 0 Å². The number of hydrogen-bond donors (Lipinski definition) is 0. The first kappa shape index (κ1) is 13.9. The maximum Gasteiger partial charge on any atom is 0.416 e. The highest BCUT2D eigenvalue weighted by Gasteiger charge is 2.35. The average Bonchev–Trinajstić information content (AvgIpc) is 2.52. The number of ether oxygens (including phenoxy) is 1. The molecule has 0 saturated carbocycles. The number of halogens is 1. The van der Waals surface area contributed by atoms with E-state index in [9.17, 15) is 9.59 Å². The molecule has 1 aromatic heterocycles. The molecule has 7 heteroatoms. The number of hydrogen-bond acceptors (Lipinski definition) is 4. The second-order valence-corrected chi connectivity index (χ2v) is 5.92. The zero-order valence-electron chi connectivity index (χ0n) is 11.3. The fourth-order valence-electron chi connectivity index (χ4n) is 1.99. The third-order valence-electron chi connectivity index (χ3n) is 2.68. The molecule has 19 heavy (non-hydrogen) atoms. The van der Waals surface area contributed by atoms with E-state index in [0.29, 0.717) is 12.4 Å². The Morgan fingerprint density at radius 3 is 2.74 bits per heavy atom. The summed E-state index contributed by atoms with van der Waals surface area (Å²) in [6, 6.07) is 1.32. The number of carbonyl (C=O) groups excluding carboxylic acids is 1. The normalized spacial score (nSPS) is 18.4. The van der Waals surface area contributed by atoms with E-state index < -0.39 is 17.4 Å². The van der Waals surface area contributed by atoms with Gasteiger partial charge in [-0.05, 0) is 27.7 Å². The van der Waals surface area contributed by atoms with Crippen LogP contribution in [-0.2, 0) is 11.3 Å². The number of fused-ring (bicyclic) bond motifs is 1. The molecule has 6 nitrogen and oxygen atoms in total. The van der Waals surface area contributed by atoms with Gasteiger partial charge in [0.05, 0.1) is 6.04 Å². The van der Waals surface area contributed by atoms with E-state index in [2.05, 4.69) is 4.98 Å². The summed E-state index contributed by atoms with van der Waals surface area (Å²) in [4.78, 5) is 29.0. The van der Waals surface area contributed by atoms with Crippen LogP contribution >= 0.6 is 11.6 Å². The van der Waals surface area contributed by atoms with Gasteiger partial charge >= 0.3 is 11.8 Å². The number of amides is 1. The molecule has 0 fully saturated rings. The largest absolute Gasteiger partial charge is 0.443 e. The van der Waals surface area contributed by atoms with Gasteiger partial charge in [-0.1, -0.05) is 11.6 Å². The van der Waals surface area contributed by atoms with Gasteiger partial charge in [-0.15, -0.1) is 0 Å². The highest BCUT2D eigenvalue weighted by molar-refractivity contribution is 6.29. The second kappa shape index (κ2) is 4.52. The molecule has 0 unspecified atom stereocenters. The molecular weight excluding hydrogens is 270 g/mol. The van der Waals surface area contributed by atoms with Gasteiger partial charge in [-0.3, -0.25) is 9.47 Å². The molecule has 1 amide bonds. The van der Waals surface area contributed by atoms with Gasteiger partial charge in [0.25, 0.3) is 0 Å². The van der Waals surface area contributed by atoms with E-state index >= 15 is 0 Å². The second-order valence-electron chi connectivity index (χ2n) is 5.53. The fraction of sp³-hybridized carbons (Fsp3) is 0.583. The van der Waals surface area contributed by atoms with Crippen LogP contribution in [0.15, 0.2) is 10.9 Å². The van der Waals surface area contributed by atoms with Crippen LogP contribution in [-0.4, -0.2) is 27.3 Å². The standard InChI is InChI=1S/C12H16ClN3O3/c1-7-6-15-9(5-8(13)14-10(15)17)16(7)11(18)19-12(2,3)4/h5,7H,6H2,1-4H3/t7-/m0/s1. The highest BCUT2D eigenvalue weighted by atomic mass is 35.5. The zero-order valence-corrected chi connectivity index (χ0v) is 12.1. The van der Waals surface area contributed by atoms with Crippen molar-refractivity contribution in [1.29, 1.82) is 0 Å². The number of carbonyl (C=O) groups is 1. The Morgan fingerprint density at radius 2 is 2.16 bits per heavy atom. The lowest BCUT2D eigenvalue weighted by atomic mass is 10.2. The van der Waals surface area contributed by atoms with E-state index in [1.807, 2.05) is 6.92 Å². The molecule has 0 radical (unpaired) electrons. The minimum absolute atomic E-state index is 0.0684. The van der Waals surface area contributed by atoms with Crippen molar-refractivity contribution >= 4 is 23.5 Å². The van der Waals surface area contributed by atoms with Gasteiger partial charge in [0, 0.05) is 12.6 Å². The van der Waals surface area contributed by atoms with Crippen LogP contribution in [0.5, 0.6) is 0 Å². The van der Waals surface area contributed by atoms with Crippen LogP contribution in [0.25, 0.3) is 0 Å². The smallest absolute Gasteiger partial charge is 0.416 e. The molecule has 0 N–H and O–H groups in total. The third kappa shape index (κ3) is 2.73. The van der Waals surface area contributed by atoms with E-state index in [1.165, 1.54) is 15.5 Å². The summed E-state index contributed by atoms with van der Waals surface area (Å²) in [6.07, 6.45) is -0.493. The highest BCUT2D eigenvalue weighted by Crippen LogP contribution is 2.27. The Labute approximate surface area is 115 Å². The van der Waals surface area contributed by atoms with Crippen LogP contribution in [0.2, 0.25) is 5.15 Å². The van der Waals surface area contributed by atoms with Crippen molar-refractivity contribution in [2.75, 3.05) is 4.90 Å². The topological polar surface area (TPSA) is 64.4 Å². The van der Waals surface area contributed by atoms with Gasteiger partial charge in [0.15, 0.2) is 0 Å². The summed E-state index contributed by atoms with van der Waals surface area (Å²) in [5.74, 6) is 0.423. The average molecular weight is 286 g/mol. The monoisotopic (exact) mass is 285 g/mol. The molecule has 0 saturated heterocycles. The van der Waals surface area contributed by atoms with E-state index in [-0.39, 0.29) is 11.2 Å². The molecule has 104 valence electrons. The summed E-state index contributed by atoms with van der Waals surface area (Å²) >= 11 is 5.78. The lowest BCUT2D eigenvalue weighted by molar-refractivity contribution is 0.0572. The maximum atomic E-state index is 12.2. The molecule has 2 rings (SSSR count). The Morgan fingerprint density at radius 1 is 1.53 bits per heavy atom. The third-order valence-corrected chi connectivity index (χ3v) is 2.88. The summed E-state index contributed by atoms with van der Waals surface area (Å²) in [5, 5.41) is 0.0684. The van der Waals surface area contributed by atoms with Gasteiger partial charge < -0.3 is 4.74 Å². The first-order chi connectivity index (χ1) is 8.69. The van der Waals surface area contributed by atoms with Crippen molar-refractivity contribution in [2.45, 2.75) is 45.9 Å². The molecule has 1 atom stereocenters. The Kier molecular flexibility index (Phi) is 3.30. The molecule has 0 bridgehead atoms. The lowest BCUT2D eigenvalue weighted by Gasteiger charge is -2.26. The molecule has 1 aromatic rings. The maximum absolute atomic E-state index is 12.2. The first-order valence-corrected chi connectivity index (χ1v) is 6.36. The van der Waals surface area contributed by atoms with Crippen molar-refractivity contribution in [3.8, 4) is 0 Å². The van der Waals surface area contributed by atoms with Crippen LogP contribution in [0.3, 0.4) is 0 Å². The van der Waals surface area contributed by atoms with Crippen molar-refractivity contribution in [3.63, 3.8) is 0 Å². The van der Waals surface area contributed by atoms with Crippen LogP contribution < -0.4 is 10.6 Å². The van der Waals surface area contributed by atoms with Crippen molar-refractivity contribution < 1.29 is 9.53 Å². The molecule has 0 spiro atoms. The van der Waals surface area contributed by atoms with Crippen molar-refractivity contribution in [1.82, 2.24) is 9.55 Å². The van der Waals surface area contributed by atoms with Crippen LogP contribution in [0.1, 0.15) is 27.7 Å². The SMILES string of the molecule is C[C@H]1Cn2c(cc(Cl)nc2=O)N1C(=O)OC(C)(C)C. The number of rotatable bonds is 0. The number of aromatic nitrogens is 2. The van der Waals surface area contributed by atoms with E-state index in [1.54, 1.807) is 20.8 Å². The van der Waals surface area contributed by atoms with Crippen LogP contribution in [0, 0.1) is 0 Å². The van der Waals surface area contributed by atoms with Crippen molar-refractivity contribution in [2.24, 2.45) is 0 Å². The quantitative estimate of drug-likeness (QED) is 0.684. The molecule has 0 aliphatic carbocycles. The number of nitrogens with zero attached hydrogens (tertiary/aromatic N) is 3. The van der Waals surface area contributed by atoms with E-state index in [4.69, 9.17) is 16.3 Å². The minimum Gasteiger partial charge on any atom is -0.443 e. The summed E-state index contributed by atoms with van der Waals surface area (Å²) in [7, 11) is 0. The number of anilines is 1. The van der Waals surface area contributed by atoms with Gasteiger partial charge in [-0.2, -0.15) is 4.98 Å². The Bertz CT molecular complexity index is 577. The van der Waals surface area contributed by atoms with Gasteiger partial charge in [0.1, 0.15) is 16.6 Å². The minimum atomic E-state index is -0.596. The van der Waals surface area contributed by atoms with Gasteiger partial charge in [-0.25, -0.2) is 9.59 Å². The molecule has 2 heterocycles. The van der Waals surface area contributed by atoms with Crippen molar-refractivity contribution in [3.05, 3.63) is 21.7 Å². The summed E-state index contributed by atoms with van der Waals surface area (Å²) in [6.45, 7) is 7.59. The van der Waals surface area contributed by atoms with Crippen LogP contribution in [0.4, 0.5) is 10.6 Å². The zero-order chi connectivity index (χ0) is 14.4. The summed E-state index contributed by atoms with van der Waals surface area (Å²) in [5.41, 5.74) is -1.05.